The minimum Gasteiger partial charge on any atom is -0.477 e. The molecule has 4 nitrogen and oxygen atoms in total. The predicted octanol–water partition coefficient (Wildman–Crippen LogP) is 2.09. The first kappa shape index (κ1) is 13.0. The highest BCUT2D eigenvalue weighted by Gasteiger charge is 2.41. The molecular weight excluding hydrogens is 275 g/mol. The first-order valence-corrected chi connectivity index (χ1v) is 6.01. The molecule has 1 aromatic rings. The van der Waals surface area contributed by atoms with E-state index in [1.54, 1.807) is 0 Å². The van der Waals surface area contributed by atoms with Gasteiger partial charge in [0.15, 0.2) is 17.5 Å². The molecule has 0 saturated heterocycles. The summed E-state index contributed by atoms with van der Waals surface area (Å²) in [6.45, 7) is 0. The van der Waals surface area contributed by atoms with Crippen LogP contribution in [0.15, 0.2) is 17.8 Å². The van der Waals surface area contributed by atoms with Crippen molar-refractivity contribution >= 4 is 11.7 Å². The fraction of sp³-hybridized carbons (Fsp3) is 0.308. The Morgan fingerprint density at radius 3 is 2.45 bits per heavy atom. The van der Waals surface area contributed by atoms with Gasteiger partial charge in [-0.1, -0.05) is 0 Å². The summed E-state index contributed by atoms with van der Waals surface area (Å²) in [5.41, 5.74) is -0.880. The number of aliphatic hydroxyl groups excluding tert-OH is 1. The fourth-order valence-electron chi connectivity index (χ4n) is 2.40. The van der Waals surface area contributed by atoms with E-state index in [1.807, 2.05) is 0 Å². The molecule has 0 radical (unpaired) electrons. The monoisotopic (exact) mass is 285 g/mol. The lowest BCUT2D eigenvalue weighted by Crippen LogP contribution is -2.35. The van der Waals surface area contributed by atoms with E-state index >= 15 is 0 Å². The summed E-state index contributed by atoms with van der Waals surface area (Å²) in [7, 11) is 0. The van der Waals surface area contributed by atoms with E-state index in [-0.39, 0.29) is 17.3 Å². The minimum absolute atomic E-state index is 0.168. The first-order chi connectivity index (χ1) is 9.41. The Morgan fingerprint density at radius 1 is 1.25 bits per heavy atom. The molecule has 1 atom stereocenters. The van der Waals surface area contributed by atoms with Gasteiger partial charge in [-0.3, -0.25) is 0 Å². The molecule has 1 heterocycles. The van der Waals surface area contributed by atoms with Gasteiger partial charge in [0.25, 0.3) is 0 Å². The molecular formula is C13H10F3NO3. The zero-order valence-electron chi connectivity index (χ0n) is 10.1. The van der Waals surface area contributed by atoms with Gasteiger partial charge in [0.2, 0.25) is 0 Å². The number of carboxylic acids is 1. The Morgan fingerprint density at radius 2 is 1.90 bits per heavy atom. The van der Waals surface area contributed by atoms with Crippen LogP contribution >= 0.6 is 0 Å². The number of anilines is 1. The maximum Gasteiger partial charge on any atom is 0.352 e. The van der Waals surface area contributed by atoms with Crippen molar-refractivity contribution in [1.82, 2.24) is 0 Å². The second-order valence-corrected chi connectivity index (χ2v) is 4.83. The van der Waals surface area contributed by atoms with Gasteiger partial charge in [-0.2, -0.15) is 0 Å². The standard InChI is InChI=1S/C13H10F3NO3/c14-7-3-6-9(18)4-8(13(19)20)17(5-1-2-5)12(6)11(16)10(7)15/h3-5,9,18H,1-2H2,(H,19,20). The quantitative estimate of drug-likeness (QED) is 0.817. The molecule has 1 unspecified atom stereocenters. The third kappa shape index (κ3) is 1.77. The largest absolute Gasteiger partial charge is 0.477 e. The fourth-order valence-corrected chi connectivity index (χ4v) is 2.40. The normalized spacial score (nSPS) is 21.5. The summed E-state index contributed by atoms with van der Waals surface area (Å²) in [5.74, 6) is -5.92. The molecule has 1 saturated carbocycles. The number of rotatable bonds is 2. The third-order valence-corrected chi connectivity index (χ3v) is 3.43. The van der Waals surface area contributed by atoms with Crippen molar-refractivity contribution in [1.29, 1.82) is 0 Å². The van der Waals surface area contributed by atoms with E-state index in [4.69, 9.17) is 5.11 Å². The maximum atomic E-state index is 14.0. The SMILES string of the molecule is O=C(O)C1=CC(O)c2cc(F)c(F)c(F)c2N1C1CC1. The van der Waals surface area contributed by atoms with Crippen LogP contribution in [0.25, 0.3) is 0 Å². The Bertz CT molecular complexity index is 640. The molecule has 0 amide bonds. The first-order valence-electron chi connectivity index (χ1n) is 6.01. The second kappa shape index (κ2) is 4.24. The summed E-state index contributed by atoms with van der Waals surface area (Å²) >= 11 is 0. The number of hydrogen-bond donors (Lipinski definition) is 2. The zero-order valence-corrected chi connectivity index (χ0v) is 10.1. The number of hydrogen-bond acceptors (Lipinski definition) is 3. The second-order valence-electron chi connectivity index (χ2n) is 4.83. The molecule has 2 N–H and O–H groups in total. The van der Waals surface area contributed by atoms with Crippen LogP contribution in [0.1, 0.15) is 24.5 Å². The lowest BCUT2D eigenvalue weighted by atomic mass is 9.98. The lowest BCUT2D eigenvalue weighted by Gasteiger charge is -2.33. The van der Waals surface area contributed by atoms with Crippen LogP contribution in [0.4, 0.5) is 18.9 Å². The van der Waals surface area contributed by atoms with Gasteiger partial charge in [0.05, 0.1) is 5.69 Å². The number of nitrogens with zero attached hydrogens (tertiary/aromatic N) is 1. The van der Waals surface area contributed by atoms with Gasteiger partial charge in [0, 0.05) is 11.6 Å². The molecule has 20 heavy (non-hydrogen) atoms. The lowest BCUT2D eigenvalue weighted by molar-refractivity contribution is -0.132. The van der Waals surface area contributed by atoms with Crippen molar-refractivity contribution in [3.63, 3.8) is 0 Å². The average Bonchev–Trinajstić information content (AvgIpc) is 3.21. The van der Waals surface area contributed by atoms with Crippen LogP contribution in [-0.2, 0) is 4.79 Å². The number of fused-ring (bicyclic) bond motifs is 1. The number of aliphatic carboxylic acids is 1. The maximum absolute atomic E-state index is 14.0. The molecule has 106 valence electrons. The predicted molar refractivity (Wildman–Crippen MR) is 62.5 cm³/mol. The van der Waals surface area contributed by atoms with Gasteiger partial charge in [-0.15, -0.1) is 0 Å². The van der Waals surface area contributed by atoms with Crippen molar-refractivity contribution in [2.75, 3.05) is 4.90 Å². The summed E-state index contributed by atoms with van der Waals surface area (Å²) in [5, 5.41) is 19.0. The van der Waals surface area contributed by atoms with Gasteiger partial charge >= 0.3 is 5.97 Å². The Labute approximate surface area is 111 Å². The van der Waals surface area contributed by atoms with Crippen molar-refractivity contribution in [2.45, 2.75) is 25.0 Å². The summed E-state index contributed by atoms with van der Waals surface area (Å²) in [4.78, 5) is 12.3. The van der Waals surface area contributed by atoms with Gasteiger partial charge < -0.3 is 15.1 Å². The molecule has 1 fully saturated rings. The molecule has 0 aromatic heterocycles. The Kier molecular flexibility index (Phi) is 2.75. The smallest absolute Gasteiger partial charge is 0.352 e. The average molecular weight is 285 g/mol. The van der Waals surface area contributed by atoms with E-state index in [9.17, 15) is 23.1 Å². The molecule has 0 bridgehead atoms. The highest BCUT2D eigenvalue weighted by Crippen LogP contribution is 2.44. The van der Waals surface area contributed by atoms with E-state index in [2.05, 4.69) is 0 Å². The molecule has 1 aliphatic heterocycles. The summed E-state index contributed by atoms with van der Waals surface area (Å²) in [6, 6.07) is 0.422. The van der Waals surface area contributed by atoms with E-state index in [0.717, 1.165) is 11.0 Å². The van der Waals surface area contributed by atoms with Crippen LogP contribution in [0.5, 0.6) is 0 Å². The van der Waals surface area contributed by atoms with Crippen LogP contribution in [0.3, 0.4) is 0 Å². The van der Waals surface area contributed by atoms with Crippen LogP contribution in [0.2, 0.25) is 0 Å². The number of halogens is 3. The van der Waals surface area contributed by atoms with Gasteiger partial charge in [-0.05, 0) is 25.0 Å². The number of carboxylic acid groups (broad SMARTS) is 1. The van der Waals surface area contributed by atoms with Crippen molar-refractivity contribution in [2.24, 2.45) is 0 Å². The Hall–Kier alpha value is -2.02. The minimum atomic E-state index is -1.67. The van der Waals surface area contributed by atoms with Crippen molar-refractivity contribution < 1.29 is 28.2 Å². The third-order valence-electron chi connectivity index (χ3n) is 3.43. The molecule has 3 rings (SSSR count). The molecule has 2 aliphatic rings. The van der Waals surface area contributed by atoms with Gasteiger partial charge in [-0.25, -0.2) is 18.0 Å². The highest BCUT2D eigenvalue weighted by molar-refractivity contribution is 5.93. The zero-order chi connectivity index (χ0) is 14.6. The van der Waals surface area contributed by atoms with Crippen LogP contribution in [0, 0.1) is 17.5 Å². The topological polar surface area (TPSA) is 60.8 Å². The Balaban J connectivity index is 2.25. The number of aliphatic hydroxyl groups is 1. The van der Waals surface area contributed by atoms with E-state index in [0.29, 0.717) is 18.9 Å². The number of benzene rings is 1. The molecule has 7 heteroatoms. The molecule has 1 aliphatic carbocycles. The number of carbonyl (C=O) groups is 1. The summed E-state index contributed by atoms with van der Waals surface area (Å²) in [6.07, 6.45) is 0.757. The van der Waals surface area contributed by atoms with E-state index in [1.165, 1.54) is 0 Å². The summed E-state index contributed by atoms with van der Waals surface area (Å²) < 4.78 is 40.7. The molecule has 0 spiro atoms. The molecule has 1 aromatic carbocycles. The highest BCUT2D eigenvalue weighted by atomic mass is 19.2. The van der Waals surface area contributed by atoms with Crippen LogP contribution < -0.4 is 4.90 Å². The van der Waals surface area contributed by atoms with Crippen LogP contribution in [-0.4, -0.2) is 22.2 Å². The van der Waals surface area contributed by atoms with Crippen molar-refractivity contribution in [3.8, 4) is 0 Å². The van der Waals surface area contributed by atoms with Crippen molar-refractivity contribution in [3.05, 3.63) is 40.9 Å². The van der Waals surface area contributed by atoms with E-state index < -0.39 is 35.2 Å². The van der Waals surface area contributed by atoms with Gasteiger partial charge in [0.1, 0.15) is 11.8 Å².